The lowest BCUT2D eigenvalue weighted by Gasteiger charge is -2.24. The van der Waals surface area contributed by atoms with Crippen molar-refractivity contribution in [2.24, 2.45) is 11.7 Å². The summed E-state index contributed by atoms with van der Waals surface area (Å²) in [7, 11) is 0. The lowest BCUT2D eigenvalue weighted by atomic mass is 9.87. The van der Waals surface area contributed by atoms with E-state index in [4.69, 9.17) is 5.73 Å². The zero-order chi connectivity index (χ0) is 27.8. The largest absolute Gasteiger partial charge is 0.384 e. The fourth-order valence-electron chi connectivity index (χ4n) is 4.10. The van der Waals surface area contributed by atoms with Gasteiger partial charge >= 0.3 is 0 Å². The molecule has 2 heterocycles. The highest BCUT2D eigenvalue weighted by atomic mass is 19.3. The maximum atomic E-state index is 13.2. The van der Waals surface area contributed by atoms with Gasteiger partial charge in [0.2, 0.25) is 11.8 Å². The molecule has 202 valence electrons. The Balaban J connectivity index is 0.00000235. The van der Waals surface area contributed by atoms with Crippen molar-refractivity contribution in [3.63, 3.8) is 0 Å². The van der Waals surface area contributed by atoms with E-state index in [2.05, 4.69) is 28.6 Å². The van der Waals surface area contributed by atoms with Gasteiger partial charge in [-0.2, -0.15) is 0 Å². The summed E-state index contributed by atoms with van der Waals surface area (Å²) in [5, 5.41) is 5.87. The number of rotatable bonds is 10. The number of primary amides is 1. The van der Waals surface area contributed by atoms with Crippen LogP contribution in [0.25, 0.3) is 6.08 Å². The van der Waals surface area contributed by atoms with E-state index in [0.29, 0.717) is 17.6 Å². The van der Waals surface area contributed by atoms with Crippen LogP contribution in [0.4, 0.5) is 14.6 Å². The second kappa shape index (κ2) is 13.3. The van der Waals surface area contributed by atoms with Crippen LogP contribution in [0.3, 0.4) is 0 Å². The predicted octanol–water partition coefficient (Wildman–Crippen LogP) is 6.21. The van der Waals surface area contributed by atoms with E-state index in [0.717, 1.165) is 41.5 Å². The molecule has 2 atom stereocenters. The number of carbonyl (C=O) groups excluding carboxylic acids is 2. The van der Waals surface area contributed by atoms with E-state index in [9.17, 15) is 18.4 Å². The fourth-order valence-corrected chi connectivity index (χ4v) is 4.10. The number of allylic oxidation sites excluding steroid dienone is 3. The quantitative estimate of drug-likeness (QED) is 0.256. The van der Waals surface area contributed by atoms with Gasteiger partial charge < -0.3 is 16.4 Å². The van der Waals surface area contributed by atoms with Crippen molar-refractivity contribution in [1.29, 1.82) is 0 Å². The first kappa shape index (κ1) is 29.9. The first-order valence-electron chi connectivity index (χ1n) is 13.1. The predicted molar refractivity (Wildman–Crippen MR) is 146 cm³/mol. The molecule has 1 aliphatic heterocycles. The normalized spacial score (nSPS) is 20.5. The molecule has 6 nitrogen and oxygen atoms in total. The molecule has 1 aromatic rings. The molecule has 0 spiro atoms. The lowest BCUT2D eigenvalue weighted by molar-refractivity contribution is -0.119. The summed E-state index contributed by atoms with van der Waals surface area (Å²) in [6.07, 6.45) is 12.5. The maximum absolute atomic E-state index is 13.2. The molecule has 4 N–H and O–H groups in total. The summed E-state index contributed by atoms with van der Waals surface area (Å²) in [6.45, 7) is 12.0. The molecule has 2 unspecified atom stereocenters. The number of nitrogens with zero attached hydrogens (tertiary/aromatic N) is 1. The monoisotopic (exact) mass is 514 g/mol. The number of pyridine rings is 1. The molecule has 1 fully saturated rings. The van der Waals surface area contributed by atoms with Crippen molar-refractivity contribution in [3.8, 4) is 0 Å². The molecule has 2 aliphatic rings. The highest BCUT2D eigenvalue weighted by Crippen LogP contribution is 2.49. The second-order valence-electron chi connectivity index (χ2n) is 9.23. The third-order valence-electron chi connectivity index (χ3n) is 6.25. The van der Waals surface area contributed by atoms with Crippen LogP contribution in [0.5, 0.6) is 0 Å². The van der Waals surface area contributed by atoms with Crippen LogP contribution < -0.4 is 16.4 Å². The molecular weight excluding hydrogens is 474 g/mol. The molecule has 0 aromatic carbocycles. The van der Waals surface area contributed by atoms with Gasteiger partial charge in [0.25, 0.3) is 5.92 Å². The summed E-state index contributed by atoms with van der Waals surface area (Å²) in [4.78, 5) is 28.7. The van der Waals surface area contributed by atoms with E-state index in [1.807, 2.05) is 53.0 Å². The number of alkyl halides is 2. The number of unbranched alkanes of at least 4 members (excludes halogenated alkanes) is 1. The van der Waals surface area contributed by atoms with E-state index in [1.165, 1.54) is 0 Å². The average molecular weight is 515 g/mol. The Morgan fingerprint density at radius 3 is 2.43 bits per heavy atom. The molecule has 8 heteroatoms. The molecule has 3 rings (SSSR count). The van der Waals surface area contributed by atoms with E-state index in [1.54, 1.807) is 12.3 Å². The van der Waals surface area contributed by atoms with Gasteiger partial charge in [0.1, 0.15) is 11.7 Å². The van der Waals surface area contributed by atoms with Crippen LogP contribution in [0.15, 0.2) is 52.9 Å². The molecule has 0 bridgehead atoms. The van der Waals surface area contributed by atoms with Gasteiger partial charge in [-0.1, -0.05) is 52.7 Å². The number of hydrogen-bond acceptors (Lipinski definition) is 4. The number of nitrogens with two attached hydrogens (primary N) is 1. The molecule has 1 saturated carbocycles. The zero-order valence-corrected chi connectivity index (χ0v) is 22.8. The standard InChI is InChI=1S/C27H34F2N4O2.C2H6/c1-5-7-9-20(25(30)34)21(22-15-31-19(8-6-2)10-17(22)4)12-18-14-32-24(11-16(18)3)33-26(35)23-13-27(23,28)29;1-2/h9-12,14-15,19,23,31H,5-8,13H2,1-4H3,(H2,30,34)(H,32,33,35);1-2H3/b20-9-,21-12+;. The minimum absolute atomic E-state index is 0.211. The first-order chi connectivity index (χ1) is 17.6. The number of halogens is 2. The average Bonchev–Trinajstić information content (AvgIpc) is 3.50. The topological polar surface area (TPSA) is 97.1 Å². The Bertz CT molecular complexity index is 1120. The lowest BCUT2D eigenvalue weighted by Crippen LogP contribution is -2.27. The molecule has 37 heavy (non-hydrogen) atoms. The highest BCUT2D eigenvalue weighted by Gasteiger charge is 2.61. The van der Waals surface area contributed by atoms with Crippen molar-refractivity contribution >= 4 is 23.7 Å². The summed E-state index contributed by atoms with van der Waals surface area (Å²) >= 11 is 0. The van der Waals surface area contributed by atoms with Gasteiger partial charge in [0.15, 0.2) is 0 Å². The molecule has 2 amide bonds. The van der Waals surface area contributed by atoms with Crippen LogP contribution in [0, 0.1) is 12.8 Å². The summed E-state index contributed by atoms with van der Waals surface area (Å²) in [5.41, 5.74) is 10.3. The van der Waals surface area contributed by atoms with Gasteiger partial charge in [-0.15, -0.1) is 0 Å². The molecule has 1 aromatic heterocycles. The van der Waals surface area contributed by atoms with Crippen molar-refractivity contribution < 1.29 is 18.4 Å². The number of anilines is 1. The SMILES string of the molecule is CC.CCC/C=C(C(N)=O)/C(=C\c1cnc(NC(=O)C2CC2(F)F)cc1C)C1=CNC(CCC)C=C1C. The van der Waals surface area contributed by atoms with Gasteiger partial charge in [0.05, 0.1) is 0 Å². The van der Waals surface area contributed by atoms with Crippen LogP contribution >= 0.6 is 0 Å². The van der Waals surface area contributed by atoms with E-state index >= 15 is 0 Å². The third kappa shape index (κ3) is 7.84. The maximum Gasteiger partial charge on any atom is 0.260 e. The van der Waals surface area contributed by atoms with Crippen molar-refractivity contribution in [1.82, 2.24) is 10.3 Å². The van der Waals surface area contributed by atoms with Crippen molar-refractivity contribution in [2.75, 3.05) is 5.32 Å². The Labute approximate surface area is 219 Å². The molecule has 0 radical (unpaired) electrons. The van der Waals surface area contributed by atoms with Gasteiger partial charge in [-0.05, 0) is 61.1 Å². The second-order valence-corrected chi connectivity index (χ2v) is 9.23. The molecular formula is C29H40F2N4O2. The summed E-state index contributed by atoms with van der Waals surface area (Å²) in [5.74, 6) is -5.27. The van der Waals surface area contributed by atoms with Gasteiger partial charge in [-0.3, -0.25) is 9.59 Å². The number of amides is 2. The minimum Gasteiger partial charge on any atom is -0.384 e. The summed E-state index contributed by atoms with van der Waals surface area (Å²) in [6, 6.07) is 1.86. The number of nitrogens with one attached hydrogen (secondary N) is 2. The minimum atomic E-state index is -2.93. The number of carbonyl (C=O) groups is 2. The zero-order valence-electron chi connectivity index (χ0n) is 22.8. The number of dihydropyridines is 1. The van der Waals surface area contributed by atoms with Crippen LogP contribution in [0.2, 0.25) is 0 Å². The summed E-state index contributed by atoms with van der Waals surface area (Å²) < 4.78 is 26.4. The molecule has 0 saturated heterocycles. The number of hydrogen-bond donors (Lipinski definition) is 3. The van der Waals surface area contributed by atoms with Crippen LogP contribution in [-0.2, 0) is 9.59 Å². The Morgan fingerprint density at radius 2 is 1.92 bits per heavy atom. The van der Waals surface area contributed by atoms with Crippen LogP contribution in [0.1, 0.15) is 77.8 Å². The molecule has 1 aliphatic carbocycles. The van der Waals surface area contributed by atoms with Crippen LogP contribution in [-0.4, -0.2) is 28.8 Å². The Morgan fingerprint density at radius 1 is 1.24 bits per heavy atom. The smallest absolute Gasteiger partial charge is 0.260 e. The third-order valence-corrected chi connectivity index (χ3v) is 6.25. The van der Waals surface area contributed by atoms with Crippen molar-refractivity contribution in [2.45, 2.75) is 85.6 Å². The van der Waals surface area contributed by atoms with Gasteiger partial charge in [0, 0.05) is 36.0 Å². The number of aryl methyl sites for hydroxylation is 1. The fraction of sp³-hybridized carbons (Fsp3) is 0.483. The number of aromatic nitrogens is 1. The van der Waals surface area contributed by atoms with E-state index < -0.39 is 30.1 Å². The Kier molecular flexibility index (Phi) is 10.8. The highest BCUT2D eigenvalue weighted by molar-refractivity contribution is 6.00. The first-order valence-corrected chi connectivity index (χ1v) is 13.1. The van der Waals surface area contributed by atoms with E-state index in [-0.39, 0.29) is 11.9 Å². The van der Waals surface area contributed by atoms with Crippen molar-refractivity contribution in [3.05, 3.63) is 64.0 Å². The Hall–Kier alpha value is -3.29. The van der Waals surface area contributed by atoms with Gasteiger partial charge in [-0.25, -0.2) is 13.8 Å².